The van der Waals surface area contributed by atoms with Crippen molar-refractivity contribution in [1.82, 2.24) is 14.8 Å². The van der Waals surface area contributed by atoms with Gasteiger partial charge in [-0.2, -0.15) is 0 Å². The van der Waals surface area contributed by atoms with Crippen LogP contribution in [0.5, 0.6) is 11.5 Å². The zero-order valence-corrected chi connectivity index (χ0v) is 19.8. The van der Waals surface area contributed by atoms with E-state index in [0.29, 0.717) is 22.6 Å². The van der Waals surface area contributed by atoms with Gasteiger partial charge in [-0.25, -0.2) is 8.78 Å². The molecule has 0 radical (unpaired) electrons. The van der Waals surface area contributed by atoms with E-state index in [1.54, 1.807) is 52.2 Å². The molecule has 0 unspecified atom stereocenters. The second-order valence-electron chi connectivity index (χ2n) is 8.89. The smallest absolute Gasteiger partial charge is 0.283 e. The zero-order valence-electron chi connectivity index (χ0n) is 19.8. The first-order chi connectivity index (χ1) is 17.0. The predicted octanol–water partition coefficient (Wildman–Crippen LogP) is 5.45. The third-order valence-electron chi connectivity index (χ3n) is 5.68. The van der Waals surface area contributed by atoms with Crippen LogP contribution in [0.4, 0.5) is 8.78 Å². The Kier molecular flexibility index (Phi) is 5.48. The molecule has 3 aromatic heterocycles. The molecule has 0 atom stereocenters. The largest absolute Gasteiger partial charge is 0.454 e. The molecular weight excluding hydrogens is 472 g/mol. The van der Waals surface area contributed by atoms with Crippen molar-refractivity contribution in [2.24, 2.45) is 7.05 Å². The van der Waals surface area contributed by atoms with Crippen molar-refractivity contribution in [2.75, 3.05) is 0 Å². The second-order valence-corrected chi connectivity index (χ2v) is 8.89. The molecule has 0 spiro atoms. The Balaban J connectivity index is 1.76. The van der Waals surface area contributed by atoms with Crippen LogP contribution in [0.1, 0.15) is 25.3 Å². The first-order valence-electron chi connectivity index (χ1n) is 10.9. The highest BCUT2D eigenvalue weighted by Crippen LogP contribution is 2.41. The van der Waals surface area contributed by atoms with Gasteiger partial charge in [0.05, 0.1) is 11.0 Å². The molecule has 8 nitrogen and oxygen atoms in total. The van der Waals surface area contributed by atoms with Gasteiger partial charge < -0.3 is 23.2 Å². The van der Waals surface area contributed by atoms with Gasteiger partial charge >= 0.3 is 0 Å². The molecule has 5 aromatic rings. The van der Waals surface area contributed by atoms with Gasteiger partial charge in [0.1, 0.15) is 17.1 Å². The lowest BCUT2D eigenvalue weighted by molar-refractivity contribution is 0.0786. The minimum absolute atomic E-state index is 0.104. The summed E-state index contributed by atoms with van der Waals surface area (Å²) in [5.74, 6) is -1.00. The maximum Gasteiger partial charge on any atom is 0.283 e. The van der Waals surface area contributed by atoms with E-state index < -0.39 is 17.2 Å². The minimum Gasteiger partial charge on any atom is -0.454 e. The van der Waals surface area contributed by atoms with Crippen LogP contribution in [0, 0.1) is 18.6 Å². The molecule has 1 N–H and O–H groups in total. The van der Waals surface area contributed by atoms with Crippen LogP contribution in [-0.4, -0.2) is 19.9 Å². The fourth-order valence-electron chi connectivity index (χ4n) is 3.83. The Morgan fingerprint density at radius 2 is 1.75 bits per heavy atom. The van der Waals surface area contributed by atoms with Crippen molar-refractivity contribution in [1.29, 1.82) is 0 Å². The number of halogens is 2. The molecule has 0 bridgehead atoms. The van der Waals surface area contributed by atoms with Crippen molar-refractivity contribution in [3.8, 4) is 34.3 Å². The fraction of sp³-hybridized carbons (Fsp3) is 0.192. The molecular formula is C26H21F2N3O5. The Morgan fingerprint density at radius 3 is 2.42 bits per heavy atom. The number of aryl methyl sites for hydroxylation is 2. The van der Waals surface area contributed by atoms with Gasteiger partial charge in [-0.15, -0.1) is 10.2 Å². The van der Waals surface area contributed by atoms with Crippen LogP contribution in [0.15, 0.2) is 62.3 Å². The normalized spacial score (nSPS) is 11.9. The number of nitrogens with zero attached hydrogens (tertiary/aromatic N) is 3. The van der Waals surface area contributed by atoms with E-state index in [1.165, 1.54) is 16.7 Å². The van der Waals surface area contributed by atoms with Gasteiger partial charge in [-0.1, -0.05) is 6.07 Å². The van der Waals surface area contributed by atoms with Gasteiger partial charge in [-0.05, 0) is 43.7 Å². The standard InChI is InChI=1S/C26H21F2N3O5/c1-13-29-30-24(34-13)22-11-17-23(36-22)18(12-31(4)25(17)32)16-9-14(26(2,3)33)5-7-20(16)35-21-8-6-15(27)10-19(21)28/h5-12,33H,1-4H3. The summed E-state index contributed by atoms with van der Waals surface area (Å²) < 4.78 is 46.5. The lowest BCUT2D eigenvalue weighted by Crippen LogP contribution is -2.17. The molecule has 184 valence electrons. The van der Waals surface area contributed by atoms with E-state index in [1.807, 2.05) is 0 Å². The Morgan fingerprint density at radius 1 is 1.00 bits per heavy atom. The number of rotatable bonds is 5. The van der Waals surface area contributed by atoms with Gasteiger partial charge in [-0.3, -0.25) is 4.79 Å². The third kappa shape index (κ3) is 4.16. The highest BCUT2D eigenvalue weighted by atomic mass is 19.1. The van der Waals surface area contributed by atoms with Crippen molar-refractivity contribution in [3.05, 3.63) is 82.1 Å². The monoisotopic (exact) mass is 493 g/mol. The number of benzene rings is 2. The van der Waals surface area contributed by atoms with E-state index >= 15 is 0 Å². The Bertz CT molecular complexity index is 1680. The number of furan rings is 1. The summed E-state index contributed by atoms with van der Waals surface area (Å²) in [5.41, 5.74) is 0.0292. The van der Waals surface area contributed by atoms with Gasteiger partial charge in [0, 0.05) is 43.4 Å². The summed E-state index contributed by atoms with van der Waals surface area (Å²) in [6.45, 7) is 4.86. The molecule has 0 aliphatic rings. The molecule has 0 aliphatic carbocycles. The number of pyridine rings is 1. The maximum absolute atomic E-state index is 14.4. The van der Waals surface area contributed by atoms with Crippen LogP contribution in [0.2, 0.25) is 0 Å². The molecule has 0 aliphatic heterocycles. The van der Waals surface area contributed by atoms with Crippen LogP contribution in [0.3, 0.4) is 0 Å². The molecule has 36 heavy (non-hydrogen) atoms. The summed E-state index contributed by atoms with van der Waals surface area (Å²) in [4.78, 5) is 12.9. The third-order valence-corrected chi connectivity index (χ3v) is 5.68. The summed E-state index contributed by atoms with van der Waals surface area (Å²) in [5, 5.41) is 18.6. The average molecular weight is 493 g/mol. The van der Waals surface area contributed by atoms with E-state index in [9.17, 15) is 18.7 Å². The zero-order chi connectivity index (χ0) is 25.8. The van der Waals surface area contributed by atoms with Crippen molar-refractivity contribution in [2.45, 2.75) is 26.4 Å². The summed E-state index contributed by atoms with van der Waals surface area (Å²) in [7, 11) is 1.58. The van der Waals surface area contributed by atoms with E-state index in [2.05, 4.69) is 10.2 Å². The lowest BCUT2D eigenvalue weighted by Gasteiger charge is -2.21. The molecule has 0 fully saturated rings. The lowest BCUT2D eigenvalue weighted by atomic mass is 9.93. The summed E-state index contributed by atoms with van der Waals surface area (Å²) in [6, 6.07) is 9.34. The van der Waals surface area contributed by atoms with Crippen molar-refractivity contribution in [3.63, 3.8) is 0 Å². The molecule has 0 amide bonds. The van der Waals surface area contributed by atoms with Crippen LogP contribution < -0.4 is 10.3 Å². The van der Waals surface area contributed by atoms with Crippen LogP contribution in [0.25, 0.3) is 33.7 Å². The number of fused-ring (bicyclic) bond motifs is 1. The molecule has 5 rings (SSSR count). The minimum atomic E-state index is -1.22. The molecule has 2 aromatic carbocycles. The van der Waals surface area contributed by atoms with Crippen LogP contribution >= 0.6 is 0 Å². The Labute approximate surface area is 203 Å². The molecule has 3 heterocycles. The average Bonchev–Trinajstić information content (AvgIpc) is 3.44. The molecule has 0 saturated heterocycles. The van der Waals surface area contributed by atoms with Crippen molar-refractivity contribution < 1.29 is 27.5 Å². The van der Waals surface area contributed by atoms with E-state index in [4.69, 9.17) is 13.6 Å². The number of aliphatic hydroxyl groups is 1. The second kappa shape index (κ2) is 8.42. The van der Waals surface area contributed by atoms with Crippen molar-refractivity contribution >= 4 is 11.0 Å². The first kappa shape index (κ1) is 23.4. The number of hydrogen-bond donors (Lipinski definition) is 1. The highest BCUT2D eigenvalue weighted by Gasteiger charge is 2.24. The number of aromatic nitrogens is 3. The Hall–Kier alpha value is -4.31. The maximum atomic E-state index is 14.4. The molecule has 10 heteroatoms. The molecule has 0 saturated carbocycles. The van der Waals surface area contributed by atoms with E-state index in [0.717, 1.165) is 12.1 Å². The van der Waals surface area contributed by atoms with E-state index in [-0.39, 0.29) is 39.7 Å². The van der Waals surface area contributed by atoms with Gasteiger partial charge in [0.25, 0.3) is 11.4 Å². The number of hydrogen-bond acceptors (Lipinski definition) is 7. The quantitative estimate of drug-likeness (QED) is 0.347. The summed E-state index contributed by atoms with van der Waals surface area (Å²) >= 11 is 0. The van der Waals surface area contributed by atoms with Gasteiger partial charge in [0.2, 0.25) is 5.89 Å². The SMILES string of the molecule is Cc1nnc(-c2cc3c(=O)n(C)cc(-c4cc(C(C)(C)O)ccc4Oc4ccc(F)cc4F)c3o2)o1. The first-order valence-corrected chi connectivity index (χ1v) is 10.9. The van der Waals surface area contributed by atoms with Crippen LogP contribution in [-0.2, 0) is 12.6 Å². The van der Waals surface area contributed by atoms with Gasteiger partial charge in [0.15, 0.2) is 17.3 Å². The highest BCUT2D eigenvalue weighted by molar-refractivity contribution is 5.95. The fourth-order valence-corrected chi connectivity index (χ4v) is 3.83. The number of ether oxygens (including phenoxy) is 1. The summed E-state index contributed by atoms with van der Waals surface area (Å²) in [6.07, 6.45) is 1.55. The predicted molar refractivity (Wildman–Crippen MR) is 127 cm³/mol. The topological polar surface area (TPSA) is 104 Å².